The lowest BCUT2D eigenvalue weighted by Crippen LogP contribution is -2.51. The van der Waals surface area contributed by atoms with Crippen molar-refractivity contribution >= 4 is 11.1 Å². The molecule has 0 N–H and O–H groups in total. The zero-order valence-corrected chi connectivity index (χ0v) is 9.30. The van der Waals surface area contributed by atoms with Gasteiger partial charge in [0.1, 0.15) is 5.75 Å². The van der Waals surface area contributed by atoms with E-state index in [-0.39, 0.29) is 0 Å². The minimum Gasteiger partial charge on any atom is -0.768 e. The van der Waals surface area contributed by atoms with Crippen molar-refractivity contribution < 1.29 is 35.5 Å². The van der Waals surface area contributed by atoms with Crippen LogP contribution in [0.4, 0.5) is 22.0 Å². The highest BCUT2D eigenvalue weighted by Crippen LogP contribution is 2.37. The van der Waals surface area contributed by atoms with Crippen molar-refractivity contribution in [2.45, 2.75) is 17.5 Å². The summed E-state index contributed by atoms with van der Waals surface area (Å²) in [5.41, 5.74) is 0. The van der Waals surface area contributed by atoms with E-state index in [0.717, 1.165) is 12.1 Å². The average molecular weight is 289 g/mol. The molecule has 3 nitrogen and oxygen atoms in total. The van der Waals surface area contributed by atoms with E-state index in [0.29, 0.717) is 0 Å². The molecule has 0 aliphatic heterocycles. The summed E-state index contributed by atoms with van der Waals surface area (Å²) in [5.74, 6) is -0.509. The molecular formula is C9H6F5O3S-. The standard InChI is InChI=1S/C9H7F5O3S/c10-8(11,12)7(9(13,14)18(15)16)17-6-4-2-1-3-5-6/h1-5,7H,(H,15,16)/p-1. The summed E-state index contributed by atoms with van der Waals surface area (Å²) in [6.45, 7) is 0. The lowest BCUT2D eigenvalue weighted by molar-refractivity contribution is -0.238. The zero-order valence-electron chi connectivity index (χ0n) is 8.49. The molecule has 0 heterocycles. The Bertz CT molecular complexity index is 420. The molecule has 0 saturated heterocycles. The van der Waals surface area contributed by atoms with E-state index in [1.54, 1.807) is 0 Å². The fraction of sp³-hybridized carbons (Fsp3) is 0.333. The third-order valence-electron chi connectivity index (χ3n) is 1.82. The van der Waals surface area contributed by atoms with Crippen molar-refractivity contribution in [3.8, 4) is 5.75 Å². The van der Waals surface area contributed by atoms with Crippen molar-refractivity contribution in [1.82, 2.24) is 0 Å². The van der Waals surface area contributed by atoms with Crippen LogP contribution >= 0.6 is 0 Å². The molecule has 1 aromatic carbocycles. The van der Waals surface area contributed by atoms with Crippen LogP contribution in [0.25, 0.3) is 0 Å². The van der Waals surface area contributed by atoms with Crippen molar-refractivity contribution in [1.29, 1.82) is 0 Å². The highest BCUT2D eigenvalue weighted by molar-refractivity contribution is 7.80. The summed E-state index contributed by atoms with van der Waals surface area (Å²) in [6.07, 6.45) is -9.29. The van der Waals surface area contributed by atoms with E-state index >= 15 is 0 Å². The van der Waals surface area contributed by atoms with E-state index in [9.17, 15) is 30.7 Å². The van der Waals surface area contributed by atoms with Gasteiger partial charge < -0.3 is 9.29 Å². The molecule has 0 aliphatic carbocycles. The molecule has 102 valence electrons. The maximum Gasteiger partial charge on any atom is 0.432 e. The average Bonchev–Trinajstić information content (AvgIpc) is 2.25. The van der Waals surface area contributed by atoms with Gasteiger partial charge in [-0.1, -0.05) is 18.2 Å². The van der Waals surface area contributed by atoms with Crippen LogP contribution in [0.15, 0.2) is 30.3 Å². The van der Waals surface area contributed by atoms with Crippen LogP contribution in [0.1, 0.15) is 0 Å². The first-order valence-electron chi connectivity index (χ1n) is 4.41. The maximum absolute atomic E-state index is 12.9. The van der Waals surface area contributed by atoms with Crippen molar-refractivity contribution in [2.24, 2.45) is 0 Å². The topological polar surface area (TPSA) is 49.4 Å². The van der Waals surface area contributed by atoms with Gasteiger partial charge in [-0.3, -0.25) is 4.21 Å². The van der Waals surface area contributed by atoms with Crippen LogP contribution in [0.5, 0.6) is 5.75 Å². The Labute approximate surface area is 101 Å². The lowest BCUT2D eigenvalue weighted by atomic mass is 10.3. The number of para-hydroxylation sites is 1. The van der Waals surface area contributed by atoms with Gasteiger partial charge in [-0.15, -0.1) is 0 Å². The molecule has 2 atom stereocenters. The van der Waals surface area contributed by atoms with Crippen LogP contribution in [-0.2, 0) is 11.1 Å². The molecule has 9 heteroatoms. The number of rotatable bonds is 4. The molecule has 0 amide bonds. The van der Waals surface area contributed by atoms with Crippen LogP contribution in [-0.4, -0.2) is 26.3 Å². The minimum absolute atomic E-state index is 0.509. The van der Waals surface area contributed by atoms with E-state index in [1.807, 2.05) is 0 Å². The third-order valence-corrected chi connectivity index (χ3v) is 2.48. The molecular weight excluding hydrogens is 283 g/mol. The van der Waals surface area contributed by atoms with Gasteiger partial charge in [-0.2, -0.15) is 22.0 Å². The molecule has 0 spiro atoms. The van der Waals surface area contributed by atoms with Crippen LogP contribution < -0.4 is 4.74 Å². The summed E-state index contributed by atoms with van der Waals surface area (Å²) in [4.78, 5) is 0. The molecule has 0 aromatic heterocycles. The molecule has 2 unspecified atom stereocenters. The molecule has 0 radical (unpaired) electrons. The van der Waals surface area contributed by atoms with Crippen molar-refractivity contribution in [3.63, 3.8) is 0 Å². The first-order valence-corrected chi connectivity index (χ1v) is 5.49. The Balaban J connectivity index is 3.05. The smallest absolute Gasteiger partial charge is 0.432 e. The monoisotopic (exact) mass is 289 g/mol. The van der Waals surface area contributed by atoms with Gasteiger partial charge in [0.05, 0.1) is 0 Å². The number of alkyl halides is 5. The third kappa shape index (κ3) is 3.39. The Morgan fingerprint density at radius 1 is 1.11 bits per heavy atom. The highest BCUT2D eigenvalue weighted by atomic mass is 32.2. The quantitative estimate of drug-likeness (QED) is 0.632. The van der Waals surface area contributed by atoms with Crippen molar-refractivity contribution in [2.75, 3.05) is 0 Å². The number of halogens is 5. The van der Waals surface area contributed by atoms with Gasteiger partial charge >= 0.3 is 11.4 Å². The lowest BCUT2D eigenvalue weighted by Gasteiger charge is -2.30. The number of hydrogen-bond donors (Lipinski definition) is 0. The summed E-state index contributed by atoms with van der Waals surface area (Å²) >= 11 is -4.25. The first-order chi connectivity index (χ1) is 8.15. The van der Waals surface area contributed by atoms with Gasteiger partial charge in [0.25, 0.3) is 6.10 Å². The molecule has 0 aliphatic rings. The molecule has 1 rings (SSSR count). The van der Waals surface area contributed by atoms with Gasteiger partial charge in [0.15, 0.2) is 0 Å². The van der Waals surface area contributed by atoms with E-state index in [2.05, 4.69) is 4.74 Å². The second kappa shape index (κ2) is 5.19. The van der Waals surface area contributed by atoms with Gasteiger partial charge in [0, 0.05) is 11.1 Å². The highest BCUT2D eigenvalue weighted by Gasteiger charge is 2.59. The molecule has 1 aromatic rings. The van der Waals surface area contributed by atoms with Gasteiger partial charge in [-0.25, -0.2) is 0 Å². The van der Waals surface area contributed by atoms with Crippen LogP contribution in [0, 0.1) is 0 Å². The minimum atomic E-state index is -5.53. The zero-order chi connectivity index (χ0) is 14.0. The van der Waals surface area contributed by atoms with Gasteiger partial charge in [0.2, 0.25) is 0 Å². The summed E-state index contributed by atoms with van der Waals surface area (Å²) in [5, 5.41) is -5.08. The van der Waals surface area contributed by atoms with Crippen LogP contribution in [0.2, 0.25) is 0 Å². The van der Waals surface area contributed by atoms with E-state index < -0.39 is 34.4 Å². The fourth-order valence-corrected chi connectivity index (χ4v) is 1.41. The maximum atomic E-state index is 12.9. The Morgan fingerprint density at radius 3 is 2.00 bits per heavy atom. The molecule has 18 heavy (non-hydrogen) atoms. The van der Waals surface area contributed by atoms with Gasteiger partial charge in [-0.05, 0) is 12.1 Å². The van der Waals surface area contributed by atoms with Crippen LogP contribution in [0.3, 0.4) is 0 Å². The Hall–Kier alpha value is -1.22. The normalized spacial score (nSPS) is 16.1. The predicted molar refractivity (Wildman–Crippen MR) is 50.8 cm³/mol. The van der Waals surface area contributed by atoms with E-state index in [4.69, 9.17) is 0 Å². The largest absolute Gasteiger partial charge is 0.768 e. The summed E-state index contributed by atoms with van der Waals surface area (Å²) in [6, 6.07) is 5.95. The number of benzene rings is 1. The fourth-order valence-electron chi connectivity index (χ4n) is 1.05. The Kier molecular flexibility index (Phi) is 4.28. The second-order valence-electron chi connectivity index (χ2n) is 3.15. The number of ether oxygens (including phenoxy) is 1. The Morgan fingerprint density at radius 2 is 1.61 bits per heavy atom. The SMILES string of the molecule is O=S([O-])C(F)(F)C(Oc1ccccc1)C(F)(F)F. The summed E-state index contributed by atoms with van der Waals surface area (Å²) < 4.78 is 87.4. The van der Waals surface area contributed by atoms with Crippen molar-refractivity contribution in [3.05, 3.63) is 30.3 Å². The first kappa shape index (κ1) is 14.8. The molecule has 0 saturated carbocycles. The molecule has 0 fully saturated rings. The summed E-state index contributed by atoms with van der Waals surface area (Å²) in [7, 11) is 0. The predicted octanol–water partition coefficient (Wildman–Crippen LogP) is 2.47. The van der Waals surface area contributed by atoms with E-state index in [1.165, 1.54) is 18.2 Å². The number of hydrogen-bond acceptors (Lipinski definition) is 3. The second-order valence-corrected chi connectivity index (χ2v) is 4.16. The molecule has 0 bridgehead atoms.